The van der Waals surface area contributed by atoms with Crippen molar-refractivity contribution in [3.63, 3.8) is 0 Å². The van der Waals surface area contributed by atoms with Crippen LogP contribution in [-0.4, -0.2) is 22.7 Å². The number of nitrogens with one attached hydrogen (secondary N) is 1. The lowest BCUT2D eigenvalue weighted by molar-refractivity contribution is 0.111. The van der Waals surface area contributed by atoms with Crippen molar-refractivity contribution in [3.05, 3.63) is 23.9 Å². The van der Waals surface area contributed by atoms with Gasteiger partial charge in [0, 0.05) is 12.6 Å². The van der Waals surface area contributed by atoms with Crippen molar-refractivity contribution in [2.24, 2.45) is 5.92 Å². The number of anilines is 1. The molecule has 0 amide bonds. The molecule has 17 heavy (non-hydrogen) atoms. The Balaban J connectivity index is 1.85. The molecule has 1 aliphatic rings. The van der Waals surface area contributed by atoms with E-state index in [4.69, 9.17) is 0 Å². The molecule has 2 rings (SSSR count). The van der Waals surface area contributed by atoms with Crippen LogP contribution in [0.25, 0.3) is 0 Å². The van der Waals surface area contributed by atoms with Crippen LogP contribution >= 0.6 is 0 Å². The number of pyridine rings is 1. The van der Waals surface area contributed by atoms with E-state index in [-0.39, 0.29) is 11.9 Å². The topological polar surface area (TPSA) is 45.1 Å². The predicted molar refractivity (Wildman–Crippen MR) is 60.6 cm³/mol. The summed E-state index contributed by atoms with van der Waals surface area (Å²) in [7, 11) is 0. The second kappa shape index (κ2) is 5.40. The van der Waals surface area contributed by atoms with Gasteiger partial charge in [-0.15, -0.1) is 0 Å². The largest absolute Gasteiger partial charge is 0.393 e. The van der Waals surface area contributed by atoms with Crippen molar-refractivity contribution in [2.75, 3.05) is 11.9 Å². The van der Waals surface area contributed by atoms with Gasteiger partial charge in [-0.05, 0) is 31.6 Å². The molecule has 1 aromatic heterocycles. The van der Waals surface area contributed by atoms with E-state index in [9.17, 15) is 13.9 Å². The van der Waals surface area contributed by atoms with Gasteiger partial charge in [-0.2, -0.15) is 0 Å². The van der Waals surface area contributed by atoms with Gasteiger partial charge >= 0.3 is 0 Å². The first-order chi connectivity index (χ1) is 8.15. The minimum Gasteiger partial charge on any atom is -0.393 e. The fraction of sp³-hybridized carbons (Fsp3) is 0.583. The van der Waals surface area contributed by atoms with E-state index >= 15 is 0 Å². The van der Waals surface area contributed by atoms with Gasteiger partial charge in [0.2, 0.25) is 0 Å². The highest BCUT2D eigenvalue weighted by atomic mass is 19.1. The van der Waals surface area contributed by atoms with Gasteiger partial charge in [0.1, 0.15) is 5.82 Å². The quantitative estimate of drug-likeness (QED) is 0.855. The molecule has 0 radical (unpaired) electrons. The van der Waals surface area contributed by atoms with E-state index in [1.807, 2.05) is 0 Å². The SMILES string of the molecule is OC1CCC(CNc2ncc(F)cc2F)CC1. The molecular formula is C12H16F2N2O. The summed E-state index contributed by atoms with van der Waals surface area (Å²) in [5.41, 5.74) is 0. The Labute approximate surface area is 98.9 Å². The minimum atomic E-state index is -0.672. The maximum Gasteiger partial charge on any atom is 0.168 e. The normalized spacial score (nSPS) is 24.6. The molecule has 2 N–H and O–H groups in total. The van der Waals surface area contributed by atoms with Crippen LogP contribution in [0.2, 0.25) is 0 Å². The van der Waals surface area contributed by atoms with Gasteiger partial charge in [0.25, 0.3) is 0 Å². The van der Waals surface area contributed by atoms with Gasteiger partial charge in [-0.3, -0.25) is 0 Å². The Bertz CT molecular complexity index is 379. The number of nitrogens with zero attached hydrogens (tertiary/aromatic N) is 1. The number of aliphatic hydroxyl groups excluding tert-OH is 1. The molecule has 0 aliphatic heterocycles. The molecule has 1 heterocycles. The number of halogens is 2. The van der Waals surface area contributed by atoms with E-state index in [2.05, 4.69) is 10.3 Å². The first-order valence-corrected chi connectivity index (χ1v) is 5.88. The van der Waals surface area contributed by atoms with E-state index in [0.717, 1.165) is 37.9 Å². The van der Waals surface area contributed by atoms with Crippen LogP contribution in [0.3, 0.4) is 0 Å². The van der Waals surface area contributed by atoms with Gasteiger partial charge in [-0.25, -0.2) is 13.8 Å². The van der Waals surface area contributed by atoms with Crippen molar-refractivity contribution < 1.29 is 13.9 Å². The molecule has 1 fully saturated rings. The Morgan fingerprint density at radius 3 is 2.65 bits per heavy atom. The van der Waals surface area contributed by atoms with Crippen LogP contribution in [0, 0.1) is 17.6 Å². The fourth-order valence-electron chi connectivity index (χ4n) is 2.13. The Kier molecular flexibility index (Phi) is 3.89. The second-order valence-electron chi connectivity index (χ2n) is 4.54. The standard InChI is InChI=1S/C12H16F2N2O/c13-9-5-11(14)12(16-7-9)15-6-8-1-3-10(17)4-2-8/h5,7-8,10,17H,1-4,6H2,(H,15,16). The molecule has 3 nitrogen and oxygen atoms in total. The molecule has 0 spiro atoms. The van der Waals surface area contributed by atoms with E-state index < -0.39 is 11.6 Å². The molecule has 0 aromatic carbocycles. The molecule has 0 bridgehead atoms. The Hall–Kier alpha value is -1.23. The van der Waals surface area contributed by atoms with Crippen molar-refractivity contribution in [2.45, 2.75) is 31.8 Å². The summed E-state index contributed by atoms with van der Waals surface area (Å²) in [6, 6.07) is 0.819. The molecule has 94 valence electrons. The molecule has 0 unspecified atom stereocenters. The summed E-state index contributed by atoms with van der Waals surface area (Å²) in [5.74, 6) is -0.822. The average molecular weight is 242 g/mol. The highest BCUT2D eigenvalue weighted by Crippen LogP contribution is 2.24. The fourth-order valence-corrected chi connectivity index (χ4v) is 2.13. The van der Waals surface area contributed by atoms with Gasteiger partial charge in [0.05, 0.1) is 12.3 Å². The Morgan fingerprint density at radius 2 is 2.00 bits per heavy atom. The van der Waals surface area contributed by atoms with Crippen LogP contribution in [0.4, 0.5) is 14.6 Å². The third-order valence-corrected chi connectivity index (χ3v) is 3.18. The molecule has 5 heteroatoms. The number of rotatable bonds is 3. The highest BCUT2D eigenvalue weighted by Gasteiger charge is 2.19. The molecule has 1 aliphatic carbocycles. The first kappa shape index (κ1) is 12.2. The summed E-state index contributed by atoms with van der Waals surface area (Å²) in [6.45, 7) is 0.613. The van der Waals surface area contributed by atoms with Crippen molar-refractivity contribution in [3.8, 4) is 0 Å². The second-order valence-corrected chi connectivity index (χ2v) is 4.54. The van der Waals surface area contributed by atoms with E-state index in [1.165, 1.54) is 0 Å². The average Bonchev–Trinajstić information content (AvgIpc) is 2.30. The summed E-state index contributed by atoms with van der Waals surface area (Å²) >= 11 is 0. The molecule has 1 saturated carbocycles. The maximum atomic E-state index is 13.3. The van der Waals surface area contributed by atoms with Crippen molar-refractivity contribution in [1.82, 2.24) is 4.98 Å². The van der Waals surface area contributed by atoms with Crippen LogP contribution in [0.15, 0.2) is 12.3 Å². The van der Waals surface area contributed by atoms with Gasteiger partial charge in [-0.1, -0.05) is 0 Å². The van der Waals surface area contributed by atoms with Gasteiger partial charge in [0.15, 0.2) is 11.6 Å². The van der Waals surface area contributed by atoms with Crippen LogP contribution in [0.1, 0.15) is 25.7 Å². The number of aliphatic hydroxyl groups is 1. The van der Waals surface area contributed by atoms with E-state index in [1.54, 1.807) is 0 Å². The summed E-state index contributed by atoms with van der Waals surface area (Å²) < 4.78 is 25.9. The third-order valence-electron chi connectivity index (χ3n) is 3.18. The van der Waals surface area contributed by atoms with Crippen LogP contribution < -0.4 is 5.32 Å². The van der Waals surface area contributed by atoms with Crippen LogP contribution in [-0.2, 0) is 0 Å². The molecule has 1 aromatic rings. The third kappa shape index (κ3) is 3.36. The summed E-state index contributed by atoms with van der Waals surface area (Å²) in [5, 5.41) is 12.2. The lowest BCUT2D eigenvalue weighted by Crippen LogP contribution is -2.24. The summed E-state index contributed by atoms with van der Waals surface area (Å²) in [4.78, 5) is 3.67. The number of aromatic nitrogens is 1. The lowest BCUT2D eigenvalue weighted by Gasteiger charge is -2.25. The van der Waals surface area contributed by atoms with Crippen LogP contribution in [0.5, 0.6) is 0 Å². The van der Waals surface area contributed by atoms with Gasteiger partial charge < -0.3 is 10.4 Å². The van der Waals surface area contributed by atoms with Crippen molar-refractivity contribution in [1.29, 1.82) is 0 Å². The number of hydrogen-bond acceptors (Lipinski definition) is 3. The highest BCUT2D eigenvalue weighted by molar-refractivity contribution is 5.35. The predicted octanol–water partition coefficient (Wildman–Crippen LogP) is 2.32. The monoisotopic (exact) mass is 242 g/mol. The lowest BCUT2D eigenvalue weighted by atomic mass is 9.87. The zero-order valence-corrected chi connectivity index (χ0v) is 9.50. The number of hydrogen-bond donors (Lipinski definition) is 2. The van der Waals surface area contributed by atoms with Crippen molar-refractivity contribution >= 4 is 5.82 Å². The Morgan fingerprint density at radius 1 is 1.29 bits per heavy atom. The maximum absolute atomic E-state index is 13.3. The molecule has 0 atom stereocenters. The smallest absolute Gasteiger partial charge is 0.168 e. The van der Waals surface area contributed by atoms with E-state index in [0.29, 0.717) is 12.5 Å². The first-order valence-electron chi connectivity index (χ1n) is 5.88. The zero-order chi connectivity index (χ0) is 12.3. The minimum absolute atomic E-state index is 0.0949. The summed E-state index contributed by atoms with van der Waals surface area (Å²) in [6.07, 6.45) is 4.26. The molecule has 0 saturated heterocycles. The molecular weight excluding hydrogens is 226 g/mol. The zero-order valence-electron chi connectivity index (χ0n) is 9.50.